The zero-order valence-electron chi connectivity index (χ0n) is 12.9. The summed E-state index contributed by atoms with van der Waals surface area (Å²) >= 11 is 6.06. The molecule has 6 heteroatoms. The number of hydrogen-bond acceptors (Lipinski definition) is 5. The van der Waals surface area contributed by atoms with E-state index in [1.807, 2.05) is 12.1 Å². The average Bonchev–Trinajstić information content (AvgIpc) is 2.99. The van der Waals surface area contributed by atoms with Gasteiger partial charge < -0.3 is 10.2 Å². The lowest BCUT2D eigenvalue weighted by Gasteiger charge is -2.19. The van der Waals surface area contributed by atoms with Gasteiger partial charge in [-0.1, -0.05) is 19.8 Å². The Kier molecular flexibility index (Phi) is 5.05. The third-order valence-electron chi connectivity index (χ3n) is 4.11. The van der Waals surface area contributed by atoms with E-state index in [4.69, 9.17) is 11.6 Å². The second kappa shape index (κ2) is 7.20. The van der Waals surface area contributed by atoms with Crippen molar-refractivity contribution in [2.75, 3.05) is 24.5 Å². The van der Waals surface area contributed by atoms with Crippen LogP contribution in [-0.4, -0.2) is 40.6 Å². The quantitative estimate of drug-likeness (QED) is 0.655. The molecule has 1 saturated heterocycles. The fourth-order valence-electron chi connectivity index (χ4n) is 2.94. The van der Waals surface area contributed by atoms with Gasteiger partial charge in [0.15, 0.2) is 5.82 Å². The molecular formula is C16H22ClN5. The molecule has 0 amide bonds. The summed E-state index contributed by atoms with van der Waals surface area (Å²) in [5.41, 5.74) is 1.63. The van der Waals surface area contributed by atoms with Crippen molar-refractivity contribution in [2.45, 2.75) is 38.6 Å². The van der Waals surface area contributed by atoms with Crippen molar-refractivity contribution in [3.63, 3.8) is 0 Å². The van der Waals surface area contributed by atoms with E-state index in [9.17, 15) is 0 Å². The van der Waals surface area contributed by atoms with Crippen molar-refractivity contribution in [2.24, 2.45) is 0 Å². The summed E-state index contributed by atoms with van der Waals surface area (Å²) in [5.74, 6) is 0.855. The maximum atomic E-state index is 6.06. The number of anilines is 1. The standard InChI is InChI=1S/C16H22ClN5/c1-2-3-4-8-18-12-7-10-22(11-12)15-14-13(6-5-9-19-14)20-16(17)21-15/h5-6,9,12,18H,2-4,7-8,10-11H2,1H3/t12-/m0/s1. The first-order valence-corrected chi connectivity index (χ1v) is 8.42. The van der Waals surface area contributed by atoms with Gasteiger partial charge in [0.2, 0.25) is 5.28 Å². The molecule has 0 aliphatic carbocycles. The lowest BCUT2D eigenvalue weighted by atomic mass is 10.2. The number of hydrogen-bond donors (Lipinski definition) is 1. The molecule has 1 aliphatic heterocycles. The van der Waals surface area contributed by atoms with Gasteiger partial charge in [0, 0.05) is 25.3 Å². The van der Waals surface area contributed by atoms with Crippen LogP contribution in [0.15, 0.2) is 18.3 Å². The monoisotopic (exact) mass is 319 g/mol. The highest BCUT2D eigenvalue weighted by Crippen LogP contribution is 2.26. The summed E-state index contributed by atoms with van der Waals surface area (Å²) in [5, 5.41) is 3.93. The lowest BCUT2D eigenvalue weighted by molar-refractivity contribution is 0.527. The van der Waals surface area contributed by atoms with E-state index in [2.05, 4.69) is 32.1 Å². The van der Waals surface area contributed by atoms with E-state index in [0.717, 1.165) is 42.9 Å². The van der Waals surface area contributed by atoms with Crippen LogP contribution in [0.3, 0.4) is 0 Å². The lowest BCUT2D eigenvalue weighted by Crippen LogP contribution is -2.33. The molecule has 22 heavy (non-hydrogen) atoms. The molecule has 1 N–H and O–H groups in total. The molecule has 0 bridgehead atoms. The summed E-state index contributed by atoms with van der Waals surface area (Å²) in [7, 11) is 0. The highest BCUT2D eigenvalue weighted by molar-refractivity contribution is 6.28. The van der Waals surface area contributed by atoms with Crippen LogP contribution in [0.4, 0.5) is 5.82 Å². The fourth-order valence-corrected chi connectivity index (χ4v) is 3.12. The van der Waals surface area contributed by atoms with Crippen molar-refractivity contribution in [3.8, 4) is 0 Å². The molecule has 0 radical (unpaired) electrons. The zero-order chi connectivity index (χ0) is 15.4. The van der Waals surface area contributed by atoms with Gasteiger partial charge in [0.1, 0.15) is 5.52 Å². The van der Waals surface area contributed by atoms with Gasteiger partial charge in [-0.25, -0.2) is 4.98 Å². The molecular weight excluding hydrogens is 298 g/mol. The number of fused-ring (bicyclic) bond motifs is 1. The number of halogens is 1. The highest BCUT2D eigenvalue weighted by Gasteiger charge is 2.25. The van der Waals surface area contributed by atoms with Crippen molar-refractivity contribution >= 4 is 28.5 Å². The molecule has 0 spiro atoms. The van der Waals surface area contributed by atoms with Crippen LogP contribution in [0.5, 0.6) is 0 Å². The number of pyridine rings is 1. The van der Waals surface area contributed by atoms with Crippen LogP contribution in [0, 0.1) is 0 Å². The van der Waals surface area contributed by atoms with E-state index >= 15 is 0 Å². The maximum Gasteiger partial charge on any atom is 0.225 e. The molecule has 2 aromatic heterocycles. The van der Waals surface area contributed by atoms with Crippen molar-refractivity contribution in [1.29, 1.82) is 0 Å². The zero-order valence-corrected chi connectivity index (χ0v) is 13.7. The summed E-state index contributed by atoms with van der Waals surface area (Å²) in [6.45, 7) is 5.25. The Hall–Kier alpha value is -1.46. The summed E-state index contributed by atoms with van der Waals surface area (Å²) in [6.07, 6.45) is 6.70. The molecule has 1 atom stereocenters. The molecule has 3 rings (SSSR count). The predicted molar refractivity (Wildman–Crippen MR) is 90.5 cm³/mol. The SMILES string of the molecule is CCCCCN[C@H]1CCN(c2nc(Cl)nc3cccnc23)C1. The van der Waals surface area contributed by atoms with Gasteiger partial charge in [0.25, 0.3) is 0 Å². The van der Waals surface area contributed by atoms with Gasteiger partial charge >= 0.3 is 0 Å². The third kappa shape index (κ3) is 3.47. The Labute approximate surface area is 136 Å². The van der Waals surface area contributed by atoms with Crippen LogP contribution in [-0.2, 0) is 0 Å². The largest absolute Gasteiger partial charge is 0.353 e. The smallest absolute Gasteiger partial charge is 0.225 e. The Morgan fingerprint density at radius 3 is 3.14 bits per heavy atom. The van der Waals surface area contributed by atoms with Crippen LogP contribution in [0.1, 0.15) is 32.6 Å². The Bertz CT molecular complexity index is 633. The van der Waals surface area contributed by atoms with Crippen LogP contribution in [0.2, 0.25) is 5.28 Å². The molecule has 2 aromatic rings. The van der Waals surface area contributed by atoms with E-state index in [1.165, 1.54) is 19.3 Å². The Balaban J connectivity index is 1.70. The van der Waals surface area contributed by atoms with Crippen LogP contribution in [0.25, 0.3) is 11.0 Å². The van der Waals surface area contributed by atoms with E-state index in [-0.39, 0.29) is 5.28 Å². The van der Waals surface area contributed by atoms with E-state index in [0.29, 0.717) is 6.04 Å². The van der Waals surface area contributed by atoms with Gasteiger partial charge in [-0.15, -0.1) is 0 Å². The second-order valence-electron chi connectivity index (χ2n) is 5.78. The van der Waals surface area contributed by atoms with Gasteiger partial charge in [-0.05, 0) is 43.1 Å². The number of aromatic nitrogens is 3. The first-order valence-electron chi connectivity index (χ1n) is 8.04. The maximum absolute atomic E-state index is 6.06. The summed E-state index contributed by atoms with van der Waals surface area (Å²) in [6, 6.07) is 4.32. The predicted octanol–water partition coefficient (Wildman–Crippen LogP) is 3.04. The minimum Gasteiger partial charge on any atom is -0.353 e. The normalized spacial score (nSPS) is 18.3. The molecule has 3 heterocycles. The molecule has 0 aromatic carbocycles. The molecule has 1 fully saturated rings. The van der Waals surface area contributed by atoms with Crippen molar-refractivity contribution in [3.05, 3.63) is 23.6 Å². The summed E-state index contributed by atoms with van der Waals surface area (Å²) in [4.78, 5) is 15.4. The second-order valence-corrected chi connectivity index (χ2v) is 6.12. The molecule has 118 valence electrons. The molecule has 5 nitrogen and oxygen atoms in total. The van der Waals surface area contributed by atoms with E-state index in [1.54, 1.807) is 6.20 Å². The minimum absolute atomic E-state index is 0.287. The highest BCUT2D eigenvalue weighted by atomic mass is 35.5. The van der Waals surface area contributed by atoms with Gasteiger partial charge in [-0.3, -0.25) is 4.98 Å². The van der Waals surface area contributed by atoms with Crippen molar-refractivity contribution < 1.29 is 0 Å². The molecule has 0 saturated carbocycles. The molecule has 0 unspecified atom stereocenters. The van der Waals surface area contributed by atoms with E-state index < -0.39 is 0 Å². The Morgan fingerprint density at radius 2 is 2.27 bits per heavy atom. The summed E-state index contributed by atoms with van der Waals surface area (Å²) < 4.78 is 0. The average molecular weight is 320 g/mol. The Morgan fingerprint density at radius 1 is 1.36 bits per heavy atom. The number of nitrogens with one attached hydrogen (secondary N) is 1. The van der Waals surface area contributed by atoms with Crippen molar-refractivity contribution in [1.82, 2.24) is 20.3 Å². The first kappa shape index (κ1) is 15.4. The minimum atomic E-state index is 0.287. The first-order chi connectivity index (χ1) is 10.8. The number of rotatable bonds is 6. The van der Waals surface area contributed by atoms with Gasteiger partial charge in [0.05, 0.1) is 5.52 Å². The van der Waals surface area contributed by atoms with Gasteiger partial charge in [-0.2, -0.15) is 4.98 Å². The topological polar surface area (TPSA) is 53.9 Å². The fraction of sp³-hybridized carbons (Fsp3) is 0.562. The van der Waals surface area contributed by atoms with Crippen LogP contribution >= 0.6 is 11.6 Å². The number of nitrogens with zero attached hydrogens (tertiary/aromatic N) is 4. The molecule has 1 aliphatic rings. The number of unbranched alkanes of at least 4 members (excludes halogenated alkanes) is 2. The van der Waals surface area contributed by atoms with Crippen LogP contribution < -0.4 is 10.2 Å². The third-order valence-corrected chi connectivity index (χ3v) is 4.28.